The number of nitrogens with one attached hydrogen (secondary N) is 1. The molecule has 2 aromatic rings. The molecule has 1 unspecified atom stereocenters. The zero-order chi connectivity index (χ0) is 13.0. The van der Waals surface area contributed by atoms with E-state index in [1.807, 2.05) is 29.7 Å². The van der Waals surface area contributed by atoms with Crippen molar-refractivity contribution in [3.63, 3.8) is 0 Å². The van der Waals surface area contributed by atoms with Crippen molar-refractivity contribution >= 4 is 11.3 Å². The number of thiophene rings is 1. The zero-order valence-electron chi connectivity index (χ0n) is 11.1. The van der Waals surface area contributed by atoms with Gasteiger partial charge in [-0.1, -0.05) is 26.0 Å². The van der Waals surface area contributed by atoms with E-state index in [1.165, 1.54) is 4.88 Å². The van der Waals surface area contributed by atoms with Crippen LogP contribution in [0.25, 0.3) is 0 Å². The fourth-order valence-electron chi connectivity index (χ4n) is 2.06. The minimum atomic E-state index is 0.265. The molecule has 2 nitrogen and oxygen atoms in total. The average Bonchev–Trinajstić information content (AvgIpc) is 2.90. The molecule has 18 heavy (non-hydrogen) atoms. The first-order valence-corrected chi connectivity index (χ1v) is 7.27. The van der Waals surface area contributed by atoms with Crippen LogP contribution in [0.5, 0.6) is 0 Å². The molecule has 1 N–H and O–H groups in total. The molecule has 2 aromatic heterocycles. The zero-order valence-corrected chi connectivity index (χ0v) is 11.9. The summed E-state index contributed by atoms with van der Waals surface area (Å²) in [5.41, 5.74) is 1.10. The molecule has 96 valence electrons. The van der Waals surface area contributed by atoms with Crippen molar-refractivity contribution in [2.75, 3.05) is 0 Å². The molecule has 0 aromatic carbocycles. The van der Waals surface area contributed by atoms with E-state index in [2.05, 4.69) is 54.7 Å². The van der Waals surface area contributed by atoms with E-state index in [4.69, 9.17) is 0 Å². The van der Waals surface area contributed by atoms with Crippen LogP contribution in [0.1, 0.15) is 43.4 Å². The molecule has 0 saturated heterocycles. The highest BCUT2D eigenvalue weighted by atomic mass is 32.1. The summed E-state index contributed by atoms with van der Waals surface area (Å²) in [7, 11) is 0. The molecule has 0 saturated carbocycles. The van der Waals surface area contributed by atoms with Crippen molar-refractivity contribution in [2.45, 2.75) is 32.9 Å². The highest BCUT2D eigenvalue weighted by Crippen LogP contribution is 2.28. The van der Waals surface area contributed by atoms with Crippen molar-refractivity contribution in [3.8, 4) is 0 Å². The maximum absolute atomic E-state index is 4.41. The van der Waals surface area contributed by atoms with E-state index in [9.17, 15) is 0 Å². The van der Waals surface area contributed by atoms with E-state index in [0.29, 0.717) is 12.0 Å². The lowest BCUT2D eigenvalue weighted by atomic mass is 10.0. The molecule has 0 aliphatic carbocycles. The topological polar surface area (TPSA) is 24.9 Å². The third-order valence-electron chi connectivity index (χ3n) is 3.08. The number of nitrogens with zero attached hydrogens (tertiary/aromatic N) is 1. The van der Waals surface area contributed by atoms with Crippen LogP contribution in [0.4, 0.5) is 0 Å². The second-order valence-corrected chi connectivity index (χ2v) is 5.86. The molecule has 2 rings (SSSR count). The van der Waals surface area contributed by atoms with Crippen molar-refractivity contribution in [1.82, 2.24) is 10.3 Å². The molecule has 0 fully saturated rings. The Morgan fingerprint density at radius 1 is 1.11 bits per heavy atom. The van der Waals surface area contributed by atoms with Crippen LogP contribution in [0.3, 0.4) is 0 Å². The molecule has 0 amide bonds. The van der Waals surface area contributed by atoms with E-state index < -0.39 is 0 Å². The second-order valence-electron chi connectivity index (χ2n) is 4.88. The second kappa shape index (κ2) is 6.12. The molecule has 0 aliphatic heterocycles. The number of pyridine rings is 1. The highest BCUT2D eigenvalue weighted by Gasteiger charge is 2.19. The first-order chi connectivity index (χ1) is 8.68. The monoisotopic (exact) mass is 260 g/mol. The molecule has 0 spiro atoms. The van der Waals surface area contributed by atoms with Crippen LogP contribution >= 0.6 is 11.3 Å². The van der Waals surface area contributed by atoms with Gasteiger partial charge in [-0.2, -0.15) is 0 Å². The SMILES string of the molecule is CC(C)C(N[C@@H](C)c1ccccn1)c1cccs1. The summed E-state index contributed by atoms with van der Waals surface area (Å²) in [4.78, 5) is 5.81. The number of hydrogen-bond donors (Lipinski definition) is 1. The van der Waals surface area contributed by atoms with Gasteiger partial charge >= 0.3 is 0 Å². The molecule has 3 heteroatoms. The summed E-state index contributed by atoms with van der Waals surface area (Å²) in [5.74, 6) is 0.565. The lowest BCUT2D eigenvalue weighted by Crippen LogP contribution is -2.28. The fraction of sp³-hybridized carbons (Fsp3) is 0.400. The molecule has 2 atom stereocenters. The lowest BCUT2D eigenvalue weighted by Gasteiger charge is -2.25. The molecule has 0 radical (unpaired) electrons. The van der Waals surface area contributed by atoms with Gasteiger partial charge in [0.25, 0.3) is 0 Å². The fourth-order valence-corrected chi connectivity index (χ4v) is 3.02. The van der Waals surface area contributed by atoms with Gasteiger partial charge in [-0.15, -0.1) is 11.3 Å². The van der Waals surface area contributed by atoms with Crippen molar-refractivity contribution in [1.29, 1.82) is 0 Å². The quantitative estimate of drug-likeness (QED) is 0.872. The van der Waals surface area contributed by atoms with Gasteiger partial charge in [0.2, 0.25) is 0 Å². The number of rotatable bonds is 5. The van der Waals surface area contributed by atoms with E-state index in [0.717, 1.165) is 5.69 Å². The minimum Gasteiger partial charge on any atom is -0.301 e. The van der Waals surface area contributed by atoms with Crippen LogP contribution in [0.15, 0.2) is 41.9 Å². The summed E-state index contributed by atoms with van der Waals surface area (Å²) < 4.78 is 0. The van der Waals surface area contributed by atoms with Gasteiger partial charge in [0.15, 0.2) is 0 Å². The van der Waals surface area contributed by atoms with E-state index in [-0.39, 0.29) is 6.04 Å². The molecule has 0 bridgehead atoms. The summed E-state index contributed by atoms with van der Waals surface area (Å²) in [6.45, 7) is 6.68. The van der Waals surface area contributed by atoms with Gasteiger partial charge in [-0.25, -0.2) is 0 Å². The Bertz CT molecular complexity index is 451. The van der Waals surface area contributed by atoms with E-state index >= 15 is 0 Å². The predicted molar refractivity (Wildman–Crippen MR) is 77.7 cm³/mol. The first-order valence-electron chi connectivity index (χ1n) is 6.39. The molecular formula is C15H20N2S. The van der Waals surface area contributed by atoms with Crippen LogP contribution in [-0.4, -0.2) is 4.98 Å². The third kappa shape index (κ3) is 3.18. The van der Waals surface area contributed by atoms with Gasteiger partial charge in [-0.3, -0.25) is 4.98 Å². The molecule has 2 heterocycles. The van der Waals surface area contributed by atoms with E-state index in [1.54, 1.807) is 0 Å². The normalized spacial score (nSPS) is 14.7. The summed E-state index contributed by atoms with van der Waals surface area (Å²) in [6, 6.07) is 11.0. The largest absolute Gasteiger partial charge is 0.301 e. The van der Waals surface area contributed by atoms with Crippen LogP contribution in [0, 0.1) is 5.92 Å². The first kappa shape index (κ1) is 13.2. The van der Waals surface area contributed by atoms with Crippen molar-refractivity contribution in [2.24, 2.45) is 5.92 Å². The Morgan fingerprint density at radius 2 is 1.94 bits per heavy atom. The third-order valence-corrected chi connectivity index (χ3v) is 4.03. The van der Waals surface area contributed by atoms with Crippen molar-refractivity contribution < 1.29 is 0 Å². The molecule has 0 aliphatic rings. The van der Waals surface area contributed by atoms with Gasteiger partial charge in [0.1, 0.15) is 0 Å². The van der Waals surface area contributed by atoms with Crippen LogP contribution in [0.2, 0.25) is 0 Å². The van der Waals surface area contributed by atoms with Gasteiger partial charge in [0, 0.05) is 23.2 Å². The lowest BCUT2D eigenvalue weighted by molar-refractivity contribution is 0.376. The van der Waals surface area contributed by atoms with Crippen molar-refractivity contribution in [3.05, 3.63) is 52.5 Å². The Balaban J connectivity index is 2.11. The van der Waals surface area contributed by atoms with Gasteiger partial charge in [0.05, 0.1) is 5.69 Å². The predicted octanol–water partition coefficient (Wildman–Crippen LogP) is 4.19. The highest BCUT2D eigenvalue weighted by molar-refractivity contribution is 7.10. The maximum Gasteiger partial charge on any atom is 0.0570 e. The summed E-state index contributed by atoms with van der Waals surface area (Å²) in [6.07, 6.45) is 1.85. The molecular weight excluding hydrogens is 240 g/mol. The Labute approximate surface area is 113 Å². The maximum atomic E-state index is 4.41. The van der Waals surface area contributed by atoms with Crippen LogP contribution < -0.4 is 5.32 Å². The Hall–Kier alpha value is -1.19. The number of aromatic nitrogens is 1. The Morgan fingerprint density at radius 3 is 2.50 bits per heavy atom. The van der Waals surface area contributed by atoms with Crippen LogP contribution in [-0.2, 0) is 0 Å². The summed E-state index contributed by atoms with van der Waals surface area (Å²) in [5, 5.41) is 5.82. The van der Waals surface area contributed by atoms with Gasteiger partial charge in [-0.05, 0) is 36.4 Å². The van der Waals surface area contributed by atoms with Gasteiger partial charge < -0.3 is 5.32 Å². The standard InChI is InChI=1S/C15H20N2S/c1-11(2)15(14-8-6-10-18-14)17-12(3)13-7-4-5-9-16-13/h4-12,15,17H,1-3H3/t12-,15?/m0/s1. The average molecular weight is 260 g/mol. The number of hydrogen-bond acceptors (Lipinski definition) is 3. The Kier molecular flexibility index (Phi) is 4.50. The summed E-state index contributed by atoms with van der Waals surface area (Å²) >= 11 is 1.81. The smallest absolute Gasteiger partial charge is 0.0570 e. The minimum absolute atomic E-state index is 0.265.